The molecule has 0 aliphatic heterocycles. The monoisotopic (exact) mass is 243 g/mol. The van der Waals surface area contributed by atoms with Gasteiger partial charge in [0.25, 0.3) is 0 Å². The van der Waals surface area contributed by atoms with Crippen molar-refractivity contribution in [1.82, 2.24) is 5.32 Å². The molecule has 0 fully saturated rings. The van der Waals surface area contributed by atoms with Gasteiger partial charge in [-0.3, -0.25) is 4.79 Å². The van der Waals surface area contributed by atoms with Crippen LogP contribution in [0.1, 0.15) is 60.3 Å². The number of carbonyl (C=O) groups is 1. The fourth-order valence-electron chi connectivity index (χ4n) is 1.88. The van der Waals surface area contributed by atoms with Crippen molar-refractivity contribution in [2.24, 2.45) is 5.41 Å². The summed E-state index contributed by atoms with van der Waals surface area (Å²) < 4.78 is 5.97. The molecule has 1 N–H and O–H groups in total. The summed E-state index contributed by atoms with van der Waals surface area (Å²) in [6.45, 7) is 11.0. The molecule has 0 saturated carbocycles. The Labute approximate surface area is 106 Å². The van der Waals surface area contributed by atoms with Gasteiger partial charge in [-0.25, -0.2) is 0 Å². The molecule has 0 radical (unpaired) electrons. The van der Waals surface area contributed by atoms with Crippen molar-refractivity contribution in [2.45, 2.75) is 65.9 Å². The maximum Gasteiger partial charge on any atom is 0.225 e. The van der Waals surface area contributed by atoms with Crippen molar-refractivity contribution in [2.75, 3.05) is 13.7 Å². The van der Waals surface area contributed by atoms with E-state index in [0.717, 1.165) is 25.7 Å². The number of rotatable bonds is 8. The Morgan fingerprint density at radius 1 is 1.18 bits per heavy atom. The zero-order valence-electron chi connectivity index (χ0n) is 12.4. The average Bonchev–Trinajstić information content (AvgIpc) is 2.28. The lowest BCUT2D eigenvalue weighted by atomic mass is 9.88. The Kier molecular flexibility index (Phi) is 6.76. The van der Waals surface area contributed by atoms with Crippen LogP contribution in [-0.2, 0) is 9.53 Å². The Hall–Kier alpha value is -0.570. The summed E-state index contributed by atoms with van der Waals surface area (Å²) in [6.07, 6.45) is 3.97. The van der Waals surface area contributed by atoms with Crippen LogP contribution in [0.15, 0.2) is 0 Å². The van der Waals surface area contributed by atoms with Gasteiger partial charge in [0.15, 0.2) is 0 Å². The first-order valence-corrected chi connectivity index (χ1v) is 6.67. The van der Waals surface area contributed by atoms with Crippen LogP contribution in [0.3, 0.4) is 0 Å². The first-order valence-electron chi connectivity index (χ1n) is 6.67. The van der Waals surface area contributed by atoms with E-state index < -0.39 is 0 Å². The number of amides is 1. The lowest BCUT2D eigenvalue weighted by Gasteiger charge is -2.30. The molecular weight excluding hydrogens is 214 g/mol. The molecule has 3 heteroatoms. The standard InChI is InChI=1S/C14H29NO2/c1-7-9-14(5,8-2)17-11-10-13(3,4)12(16)15-6/h7-11H2,1-6H3,(H,15,16). The van der Waals surface area contributed by atoms with Gasteiger partial charge in [0, 0.05) is 19.1 Å². The minimum absolute atomic E-state index is 0.0342. The third-order valence-corrected chi connectivity index (χ3v) is 3.55. The summed E-state index contributed by atoms with van der Waals surface area (Å²) in [5.74, 6) is 0.0785. The van der Waals surface area contributed by atoms with Gasteiger partial charge in [-0.15, -0.1) is 0 Å². The molecule has 0 aromatic carbocycles. The van der Waals surface area contributed by atoms with Crippen LogP contribution in [0.2, 0.25) is 0 Å². The molecule has 0 aromatic heterocycles. The van der Waals surface area contributed by atoms with Crippen LogP contribution in [0.4, 0.5) is 0 Å². The molecule has 1 amide bonds. The van der Waals surface area contributed by atoms with E-state index in [1.165, 1.54) is 0 Å². The minimum Gasteiger partial charge on any atom is -0.375 e. The molecule has 102 valence electrons. The fourth-order valence-corrected chi connectivity index (χ4v) is 1.88. The van der Waals surface area contributed by atoms with Crippen LogP contribution in [-0.4, -0.2) is 25.2 Å². The Balaban J connectivity index is 4.17. The predicted molar refractivity (Wildman–Crippen MR) is 72.0 cm³/mol. The van der Waals surface area contributed by atoms with Crippen molar-refractivity contribution in [3.8, 4) is 0 Å². The van der Waals surface area contributed by atoms with Gasteiger partial charge < -0.3 is 10.1 Å². The molecule has 0 heterocycles. The number of carbonyl (C=O) groups excluding carboxylic acids is 1. The van der Waals surface area contributed by atoms with E-state index in [2.05, 4.69) is 26.1 Å². The van der Waals surface area contributed by atoms with Gasteiger partial charge in [0.2, 0.25) is 5.91 Å². The van der Waals surface area contributed by atoms with Crippen molar-refractivity contribution in [3.63, 3.8) is 0 Å². The van der Waals surface area contributed by atoms with Gasteiger partial charge >= 0.3 is 0 Å². The number of hydrogen-bond acceptors (Lipinski definition) is 2. The second-order valence-corrected chi connectivity index (χ2v) is 5.61. The van der Waals surface area contributed by atoms with Crippen molar-refractivity contribution in [1.29, 1.82) is 0 Å². The summed E-state index contributed by atoms with van der Waals surface area (Å²) in [4.78, 5) is 11.6. The minimum atomic E-state index is -0.352. The molecule has 3 nitrogen and oxygen atoms in total. The van der Waals surface area contributed by atoms with E-state index in [1.54, 1.807) is 7.05 Å². The Bertz CT molecular complexity index is 238. The van der Waals surface area contributed by atoms with Crippen LogP contribution in [0.25, 0.3) is 0 Å². The zero-order chi connectivity index (χ0) is 13.5. The number of hydrogen-bond donors (Lipinski definition) is 1. The number of ether oxygens (including phenoxy) is 1. The molecule has 0 aliphatic carbocycles. The van der Waals surface area contributed by atoms with E-state index in [1.807, 2.05) is 13.8 Å². The van der Waals surface area contributed by atoms with Gasteiger partial charge in [-0.2, -0.15) is 0 Å². The molecular formula is C14H29NO2. The van der Waals surface area contributed by atoms with E-state index in [-0.39, 0.29) is 16.9 Å². The molecule has 17 heavy (non-hydrogen) atoms. The smallest absolute Gasteiger partial charge is 0.225 e. The Morgan fingerprint density at radius 3 is 2.18 bits per heavy atom. The van der Waals surface area contributed by atoms with Crippen molar-refractivity contribution < 1.29 is 9.53 Å². The maximum atomic E-state index is 11.6. The quantitative estimate of drug-likeness (QED) is 0.711. The van der Waals surface area contributed by atoms with E-state index >= 15 is 0 Å². The summed E-state index contributed by atoms with van der Waals surface area (Å²) in [6, 6.07) is 0. The van der Waals surface area contributed by atoms with Gasteiger partial charge in [0.05, 0.1) is 5.60 Å². The topological polar surface area (TPSA) is 38.3 Å². The normalized spacial score (nSPS) is 15.4. The molecule has 0 aromatic rings. The summed E-state index contributed by atoms with van der Waals surface area (Å²) in [5, 5.41) is 2.70. The highest BCUT2D eigenvalue weighted by molar-refractivity contribution is 5.81. The Morgan fingerprint density at radius 2 is 1.76 bits per heavy atom. The largest absolute Gasteiger partial charge is 0.375 e. The highest BCUT2D eigenvalue weighted by atomic mass is 16.5. The first-order chi connectivity index (χ1) is 7.81. The lowest BCUT2D eigenvalue weighted by molar-refractivity contribution is -0.131. The molecule has 1 unspecified atom stereocenters. The second kappa shape index (κ2) is 7.00. The van der Waals surface area contributed by atoms with E-state index in [4.69, 9.17) is 4.74 Å². The highest BCUT2D eigenvalue weighted by Gasteiger charge is 2.28. The van der Waals surface area contributed by atoms with Crippen LogP contribution in [0, 0.1) is 5.41 Å². The molecule has 0 aliphatic rings. The van der Waals surface area contributed by atoms with Crippen LogP contribution >= 0.6 is 0 Å². The van der Waals surface area contributed by atoms with Crippen LogP contribution < -0.4 is 5.32 Å². The van der Waals surface area contributed by atoms with Crippen LogP contribution in [0.5, 0.6) is 0 Å². The maximum absolute atomic E-state index is 11.6. The highest BCUT2D eigenvalue weighted by Crippen LogP contribution is 2.25. The summed E-state index contributed by atoms with van der Waals surface area (Å²) in [5.41, 5.74) is -0.386. The van der Waals surface area contributed by atoms with Crippen molar-refractivity contribution in [3.05, 3.63) is 0 Å². The molecule has 1 atom stereocenters. The lowest BCUT2D eigenvalue weighted by Crippen LogP contribution is -2.37. The summed E-state index contributed by atoms with van der Waals surface area (Å²) >= 11 is 0. The summed E-state index contributed by atoms with van der Waals surface area (Å²) in [7, 11) is 1.68. The predicted octanol–water partition coefficient (Wildman–Crippen LogP) is 3.13. The van der Waals surface area contributed by atoms with E-state index in [0.29, 0.717) is 6.61 Å². The van der Waals surface area contributed by atoms with Gasteiger partial charge in [-0.05, 0) is 26.2 Å². The third-order valence-electron chi connectivity index (χ3n) is 3.55. The molecule has 0 saturated heterocycles. The third kappa shape index (κ3) is 5.53. The van der Waals surface area contributed by atoms with Crippen molar-refractivity contribution >= 4 is 5.91 Å². The number of nitrogens with one attached hydrogen (secondary N) is 1. The molecule has 0 spiro atoms. The average molecular weight is 243 g/mol. The van der Waals surface area contributed by atoms with E-state index in [9.17, 15) is 4.79 Å². The molecule has 0 bridgehead atoms. The van der Waals surface area contributed by atoms with Gasteiger partial charge in [-0.1, -0.05) is 34.1 Å². The molecule has 0 rings (SSSR count). The first kappa shape index (κ1) is 16.4. The van der Waals surface area contributed by atoms with Gasteiger partial charge in [0.1, 0.15) is 0 Å². The second-order valence-electron chi connectivity index (χ2n) is 5.61. The zero-order valence-corrected chi connectivity index (χ0v) is 12.4. The fraction of sp³-hybridized carbons (Fsp3) is 0.929. The SMILES string of the molecule is CCCC(C)(CC)OCCC(C)(C)C(=O)NC.